The molecular formula is C68H124O6. The molecule has 6 nitrogen and oxygen atoms in total. The highest BCUT2D eigenvalue weighted by atomic mass is 16.6. The Kier molecular flexibility index (Phi) is 60.7. The van der Waals surface area contributed by atoms with Gasteiger partial charge in [0.2, 0.25) is 0 Å². The van der Waals surface area contributed by atoms with Gasteiger partial charge in [-0.15, -0.1) is 0 Å². The van der Waals surface area contributed by atoms with Gasteiger partial charge in [-0.3, -0.25) is 14.4 Å². The first kappa shape index (κ1) is 71.4. The van der Waals surface area contributed by atoms with Gasteiger partial charge in [-0.05, 0) is 83.5 Å². The van der Waals surface area contributed by atoms with Crippen molar-refractivity contribution in [3.05, 3.63) is 48.6 Å². The van der Waals surface area contributed by atoms with E-state index in [1.807, 2.05) is 0 Å². The van der Waals surface area contributed by atoms with Crippen molar-refractivity contribution in [3.63, 3.8) is 0 Å². The summed E-state index contributed by atoms with van der Waals surface area (Å²) in [6.07, 6.45) is 78.8. The Balaban J connectivity index is 4.04. The normalized spacial score (nSPS) is 12.3. The fourth-order valence-electron chi connectivity index (χ4n) is 9.62. The van der Waals surface area contributed by atoms with Gasteiger partial charge in [0.25, 0.3) is 0 Å². The Bertz CT molecular complexity index is 1280. The van der Waals surface area contributed by atoms with E-state index in [1.54, 1.807) is 0 Å². The fourth-order valence-corrected chi connectivity index (χ4v) is 9.62. The van der Waals surface area contributed by atoms with Gasteiger partial charge < -0.3 is 14.2 Å². The first-order valence-corrected chi connectivity index (χ1v) is 32.6. The summed E-state index contributed by atoms with van der Waals surface area (Å²) in [4.78, 5) is 38.0. The van der Waals surface area contributed by atoms with Crippen LogP contribution in [0.4, 0.5) is 0 Å². The first-order valence-electron chi connectivity index (χ1n) is 32.6. The van der Waals surface area contributed by atoms with Crippen LogP contribution in [-0.4, -0.2) is 37.2 Å². The summed E-state index contributed by atoms with van der Waals surface area (Å²) in [5.74, 6) is -0.881. The molecule has 432 valence electrons. The van der Waals surface area contributed by atoms with E-state index in [1.165, 1.54) is 231 Å². The van der Waals surface area contributed by atoms with Crippen LogP contribution in [0.1, 0.15) is 348 Å². The Morgan fingerprint density at radius 1 is 0.270 bits per heavy atom. The zero-order valence-electron chi connectivity index (χ0n) is 49.6. The molecule has 0 aliphatic carbocycles. The fraction of sp³-hybridized carbons (Fsp3) is 0.838. The second-order valence-corrected chi connectivity index (χ2v) is 22.0. The van der Waals surface area contributed by atoms with Gasteiger partial charge in [0, 0.05) is 19.3 Å². The van der Waals surface area contributed by atoms with E-state index in [0.717, 1.165) is 77.0 Å². The quantitative estimate of drug-likeness (QED) is 0.0261. The highest BCUT2D eigenvalue weighted by molar-refractivity contribution is 5.71. The summed E-state index contributed by atoms with van der Waals surface area (Å²) in [6.45, 7) is 6.60. The number of carbonyl (C=O) groups is 3. The maximum Gasteiger partial charge on any atom is 0.306 e. The van der Waals surface area contributed by atoms with Gasteiger partial charge in [0.1, 0.15) is 13.2 Å². The SMILES string of the molecule is CCCCCCC/C=C\C/C=C\C/C=C\CCCCCCCCC(=O)OC(COC(=O)CCCCCCCC)COC(=O)CCCCCCCCCCCCCCCCCCC/C=C\CCCCCCCCCC. The zero-order valence-corrected chi connectivity index (χ0v) is 49.6. The van der Waals surface area contributed by atoms with Gasteiger partial charge >= 0.3 is 17.9 Å². The Morgan fingerprint density at radius 3 is 0.770 bits per heavy atom. The molecule has 0 aromatic carbocycles. The molecule has 0 amide bonds. The summed E-state index contributed by atoms with van der Waals surface area (Å²) >= 11 is 0. The number of hydrogen-bond donors (Lipinski definition) is 0. The molecule has 1 atom stereocenters. The molecule has 0 aromatic rings. The number of unbranched alkanes of at least 4 members (excludes halogenated alkanes) is 41. The minimum Gasteiger partial charge on any atom is -0.462 e. The second kappa shape index (κ2) is 62.9. The number of carbonyl (C=O) groups excluding carboxylic acids is 3. The van der Waals surface area contributed by atoms with Gasteiger partial charge in [0.15, 0.2) is 6.10 Å². The van der Waals surface area contributed by atoms with E-state index >= 15 is 0 Å². The number of ether oxygens (including phenoxy) is 3. The van der Waals surface area contributed by atoms with Crippen molar-refractivity contribution in [3.8, 4) is 0 Å². The largest absolute Gasteiger partial charge is 0.462 e. The van der Waals surface area contributed by atoms with Crippen LogP contribution in [0, 0.1) is 0 Å². The molecule has 0 heterocycles. The number of allylic oxidation sites excluding steroid dienone is 8. The number of esters is 3. The van der Waals surface area contributed by atoms with Crippen molar-refractivity contribution in [2.24, 2.45) is 0 Å². The third-order valence-electron chi connectivity index (χ3n) is 14.6. The Labute approximate surface area is 460 Å². The van der Waals surface area contributed by atoms with Crippen LogP contribution in [0.2, 0.25) is 0 Å². The lowest BCUT2D eigenvalue weighted by Gasteiger charge is -2.18. The molecule has 0 aliphatic rings. The summed E-state index contributed by atoms with van der Waals surface area (Å²) in [5, 5.41) is 0. The van der Waals surface area contributed by atoms with Crippen LogP contribution in [0.25, 0.3) is 0 Å². The number of rotatable bonds is 60. The Morgan fingerprint density at radius 2 is 0.486 bits per heavy atom. The van der Waals surface area contributed by atoms with Crippen LogP contribution >= 0.6 is 0 Å². The minimum absolute atomic E-state index is 0.0754. The molecule has 0 spiro atoms. The van der Waals surface area contributed by atoms with E-state index in [0.29, 0.717) is 19.3 Å². The maximum atomic E-state index is 12.8. The zero-order chi connectivity index (χ0) is 53.6. The lowest BCUT2D eigenvalue weighted by Crippen LogP contribution is -2.30. The van der Waals surface area contributed by atoms with Crippen molar-refractivity contribution in [1.82, 2.24) is 0 Å². The highest BCUT2D eigenvalue weighted by Gasteiger charge is 2.19. The lowest BCUT2D eigenvalue weighted by atomic mass is 10.0. The van der Waals surface area contributed by atoms with Crippen molar-refractivity contribution in [2.45, 2.75) is 354 Å². The summed E-state index contributed by atoms with van der Waals surface area (Å²) in [7, 11) is 0. The third-order valence-corrected chi connectivity index (χ3v) is 14.6. The summed E-state index contributed by atoms with van der Waals surface area (Å²) < 4.78 is 16.8. The topological polar surface area (TPSA) is 78.9 Å². The van der Waals surface area contributed by atoms with Crippen LogP contribution in [0.3, 0.4) is 0 Å². The van der Waals surface area contributed by atoms with E-state index in [4.69, 9.17) is 14.2 Å². The predicted molar refractivity (Wildman–Crippen MR) is 321 cm³/mol. The molecule has 74 heavy (non-hydrogen) atoms. The monoisotopic (exact) mass is 1040 g/mol. The molecule has 0 aromatic heterocycles. The molecule has 1 unspecified atom stereocenters. The van der Waals surface area contributed by atoms with E-state index in [-0.39, 0.29) is 31.1 Å². The second-order valence-electron chi connectivity index (χ2n) is 22.0. The van der Waals surface area contributed by atoms with Gasteiger partial charge in [-0.2, -0.15) is 0 Å². The summed E-state index contributed by atoms with van der Waals surface area (Å²) in [5.41, 5.74) is 0. The smallest absolute Gasteiger partial charge is 0.306 e. The van der Waals surface area contributed by atoms with Crippen LogP contribution in [0.15, 0.2) is 48.6 Å². The van der Waals surface area contributed by atoms with Gasteiger partial charge in [0.05, 0.1) is 0 Å². The van der Waals surface area contributed by atoms with Gasteiger partial charge in [-0.25, -0.2) is 0 Å². The Hall–Kier alpha value is -2.63. The molecule has 0 saturated carbocycles. The minimum atomic E-state index is -0.776. The van der Waals surface area contributed by atoms with Crippen LogP contribution in [0.5, 0.6) is 0 Å². The molecule has 0 saturated heterocycles. The molecule has 0 rings (SSSR count). The van der Waals surface area contributed by atoms with Crippen molar-refractivity contribution < 1.29 is 28.6 Å². The summed E-state index contributed by atoms with van der Waals surface area (Å²) in [6, 6.07) is 0. The maximum absolute atomic E-state index is 12.8. The lowest BCUT2D eigenvalue weighted by molar-refractivity contribution is -0.167. The predicted octanol–water partition coefficient (Wildman–Crippen LogP) is 22.2. The van der Waals surface area contributed by atoms with Crippen LogP contribution in [-0.2, 0) is 28.6 Å². The van der Waals surface area contributed by atoms with E-state index < -0.39 is 6.10 Å². The first-order chi connectivity index (χ1) is 36.5. The average Bonchev–Trinajstić information content (AvgIpc) is 3.40. The average molecular weight is 1040 g/mol. The number of hydrogen-bond acceptors (Lipinski definition) is 6. The molecule has 6 heteroatoms. The molecule has 0 fully saturated rings. The highest BCUT2D eigenvalue weighted by Crippen LogP contribution is 2.17. The standard InChI is InChI=1S/C68H124O6/c1-4-7-10-13-16-18-20-22-24-26-28-30-31-32-33-34-35-36-37-39-40-42-44-46-48-50-52-55-58-61-67(70)73-64-65(63-72-66(69)60-57-54-15-12-9-6-3)74-68(71)62-59-56-53-51-49-47-45-43-41-38-29-27-25-23-21-19-17-14-11-8-5-2/h21,23,26-29,41,43,65H,4-20,22,24-25,30-40,42,44-64H2,1-3H3/b23-21-,28-26-,29-27-,43-41-. The van der Waals surface area contributed by atoms with Crippen molar-refractivity contribution in [2.75, 3.05) is 13.2 Å². The molecule has 0 bridgehead atoms. The molecule has 0 N–H and O–H groups in total. The van der Waals surface area contributed by atoms with E-state index in [9.17, 15) is 14.4 Å². The van der Waals surface area contributed by atoms with Gasteiger partial charge in [-0.1, -0.05) is 294 Å². The van der Waals surface area contributed by atoms with Crippen molar-refractivity contribution in [1.29, 1.82) is 0 Å². The van der Waals surface area contributed by atoms with Crippen LogP contribution < -0.4 is 0 Å². The molecular weight excluding hydrogens is 913 g/mol. The van der Waals surface area contributed by atoms with Crippen molar-refractivity contribution >= 4 is 17.9 Å². The third kappa shape index (κ3) is 60.2. The van der Waals surface area contributed by atoms with E-state index in [2.05, 4.69) is 69.4 Å². The molecule has 0 aliphatic heterocycles. The molecule has 0 radical (unpaired) electrons.